The minimum absolute atomic E-state index is 0.0288. The van der Waals surface area contributed by atoms with Crippen LogP contribution in [0, 0.1) is 0 Å². The van der Waals surface area contributed by atoms with Gasteiger partial charge in [0.1, 0.15) is 12.4 Å². The quantitative estimate of drug-likeness (QED) is 0.268. The van der Waals surface area contributed by atoms with Crippen molar-refractivity contribution in [3.63, 3.8) is 0 Å². The van der Waals surface area contributed by atoms with Gasteiger partial charge in [0.25, 0.3) is 0 Å². The maximum absolute atomic E-state index is 14.3. The van der Waals surface area contributed by atoms with Gasteiger partial charge in [0, 0.05) is 23.3 Å². The number of para-hydroxylation sites is 3. The lowest BCUT2D eigenvalue weighted by atomic mass is 9.78. The Bertz CT molecular complexity index is 1650. The molecule has 1 amide bonds. The topological polar surface area (TPSA) is 58.6 Å². The second kappa shape index (κ2) is 11.2. The van der Waals surface area contributed by atoms with Crippen molar-refractivity contribution in [3.05, 3.63) is 137 Å². The number of carbonyl (C=O) groups excluding carboxylic acids is 2. The second-order valence-electron chi connectivity index (χ2n) is 10.4. The average molecular weight is 569 g/mol. The molecular weight excluding hydrogens is 541 g/mol. The molecule has 5 nitrogen and oxygen atoms in total. The fraction of sp³-hybridized carbons (Fsp3) is 0.176. The molecule has 4 aromatic rings. The Labute approximate surface area is 241 Å². The van der Waals surface area contributed by atoms with Gasteiger partial charge in [-0.3, -0.25) is 14.5 Å². The van der Waals surface area contributed by atoms with E-state index >= 15 is 0 Å². The normalized spacial score (nSPS) is 18.5. The summed E-state index contributed by atoms with van der Waals surface area (Å²) < 4.78 is 49.0. The summed E-state index contributed by atoms with van der Waals surface area (Å²) in [7, 11) is 0. The number of carbonyl (C=O) groups is 2. The van der Waals surface area contributed by atoms with E-state index in [0.29, 0.717) is 28.3 Å². The number of hydrogen-bond acceptors (Lipinski definition) is 4. The Kier molecular flexibility index (Phi) is 7.29. The van der Waals surface area contributed by atoms with Gasteiger partial charge in [0.2, 0.25) is 0 Å². The van der Waals surface area contributed by atoms with Gasteiger partial charge in [-0.1, -0.05) is 91.0 Å². The van der Waals surface area contributed by atoms with Crippen LogP contribution in [0.15, 0.2) is 120 Å². The first kappa shape index (κ1) is 27.3. The molecule has 0 saturated heterocycles. The number of anilines is 2. The monoisotopic (exact) mass is 568 g/mol. The van der Waals surface area contributed by atoms with Gasteiger partial charge in [0.05, 0.1) is 17.4 Å². The van der Waals surface area contributed by atoms with Crippen molar-refractivity contribution in [2.45, 2.75) is 37.6 Å². The summed E-state index contributed by atoms with van der Waals surface area (Å²) in [5, 5.41) is 3.26. The largest absolute Gasteiger partial charge is 0.489 e. The number of Topliss-reactive ketones (excluding diaryl/α,β-unsaturated/α-hetero) is 1. The number of fused-ring (bicyclic) bond motifs is 1. The molecule has 6 rings (SSSR count). The highest BCUT2D eigenvalue weighted by molar-refractivity contribution is 6.08. The maximum Gasteiger partial charge on any atom is 0.471 e. The number of ether oxygens (including phenoxy) is 1. The van der Waals surface area contributed by atoms with Crippen molar-refractivity contribution in [2.24, 2.45) is 0 Å². The highest BCUT2D eigenvalue weighted by Gasteiger charge is 2.50. The smallest absolute Gasteiger partial charge is 0.471 e. The third-order valence-corrected chi connectivity index (χ3v) is 7.67. The van der Waals surface area contributed by atoms with Crippen LogP contribution in [-0.4, -0.2) is 17.9 Å². The summed E-state index contributed by atoms with van der Waals surface area (Å²) in [6.45, 7) is 0.155. The van der Waals surface area contributed by atoms with E-state index in [-0.39, 0.29) is 41.7 Å². The van der Waals surface area contributed by atoms with Gasteiger partial charge < -0.3 is 10.1 Å². The van der Waals surface area contributed by atoms with Crippen molar-refractivity contribution in [1.82, 2.24) is 0 Å². The average Bonchev–Trinajstić information content (AvgIpc) is 3.15. The van der Waals surface area contributed by atoms with E-state index < -0.39 is 18.1 Å². The number of alkyl halides is 3. The Morgan fingerprint density at radius 1 is 0.833 bits per heavy atom. The lowest BCUT2D eigenvalue weighted by Crippen LogP contribution is -2.45. The second-order valence-corrected chi connectivity index (χ2v) is 10.4. The molecule has 212 valence electrons. The summed E-state index contributed by atoms with van der Waals surface area (Å²) in [6.07, 6.45) is -4.71. The Balaban J connectivity index is 1.54. The summed E-state index contributed by atoms with van der Waals surface area (Å²) in [5.41, 5.74) is 3.09. The molecular formula is C34H27F3N2O3. The van der Waals surface area contributed by atoms with Crippen molar-refractivity contribution in [3.8, 4) is 5.75 Å². The molecule has 0 radical (unpaired) electrons. The third kappa shape index (κ3) is 5.28. The number of ketones is 1. The predicted molar refractivity (Wildman–Crippen MR) is 154 cm³/mol. The van der Waals surface area contributed by atoms with Crippen LogP contribution in [0.2, 0.25) is 0 Å². The van der Waals surface area contributed by atoms with E-state index in [1.54, 1.807) is 42.5 Å². The van der Waals surface area contributed by atoms with Crippen molar-refractivity contribution in [2.75, 3.05) is 10.2 Å². The number of nitrogens with one attached hydrogen (secondary N) is 1. The van der Waals surface area contributed by atoms with E-state index in [4.69, 9.17) is 4.74 Å². The zero-order valence-electron chi connectivity index (χ0n) is 22.5. The zero-order chi connectivity index (χ0) is 29.3. The molecule has 1 aliphatic heterocycles. The fourth-order valence-corrected chi connectivity index (χ4v) is 5.78. The Hall–Kier alpha value is -4.85. The van der Waals surface area contributed by atoms with Crippen LogP contribution in [0.4, 0.5) is 24.5 Å². The number of amides is 1. The molecule has 1 aliphatic carbocycles. The van der Waals surface area contributed by atoms with Gasteiger partial charge in [-0.15, -0.1) is 0 Å². The zero-order valence-corrected chi connectivity index (χ0v) is 22.5. The first-order valence-corrected chi connectivity index (χ1v) is 13.6. The van der Waals surface area contributed by atoms with Crippen LogP contribution < -0.4 is 15.0 Å². The molecule has 0 fully saturated rings. The van der Waals surface area contributed by atoms with Gasteiger partial charge >= 0.3 is 12.1 Å². The minimum Gasteiger partial charge on any atom is -0.489 e. The van der Waals surface area contributed by atoms with Crippen molar-refractivity contribution in [1.29, 1.82) is 0 Å². The molecule has 0 aromatic heterocycles. The molecule has 8 heteroatoms. The molecule has 0 spiro atoms. The Morgan fingerprint density at radius 2 is 1.48 bits per heavy atom. The summed E-state index contributed by atoms with van der Waals surface area (Å²) in [4.78, 5) is 28.0. The first-order chi connectivity index (χ1) is 20.3. The number of halogens is 3. The highest BCUT2D eigenvalue weighted by Crippen LogP contribution is 2.50. The lowest BCUT2D eigenvalue weighted by molar-refractivity contribution is -0.170. The summed E-state index contributed by atoms with van der Waals surface area (Å²) in [6, 6.07) is 30.5. The van der Waals surface area contributed by atoms with Crippen LogP contribution in [0.1, 0.15) is 41.5 Å². The minimum atomic E-state index is -5.19. The van der Waals surface area contributed by atoms with Crippen LogP contribution in [0.25, 0.3) is 0 Å². The third-order valence-electron chi connectivity index (χ3n) is 7.67. The molecule has 1 N–H and O–H groups in total. The van der Waals surface area contributed by atoms with Crippen LogP contribution in [-0.2, 0) is 16.2 Å². The molecule has 42 heavy (non-hydrogen) atoms. The summed E-state index contributed by atoms with van der Waals surface area (Å²) >= 11 is 0. The van der Waals surface area contributed by atoms with Gasteiger partial charge in [-0.05, 0) is 41.7 Å². The van der Waals surface area contributed by atoms with E-state index in [9.17, 15) is 22.8 Å². The van der Waals surface area contributed by atoms with Crippen LogP contribution in [0.5, 0.6) is 5.75 Å². The predicted octanol–water partition coefficient (Wildman–Crippen LogP) is 7.73. The molecule has 0 saturated carbocycles. The van der Waals surface area contributed by atoms with Gasteiger partial charge in [-0.25, -0.2) is 0 Å². The fourth-order valence-electron chi connectivity index (χ4n) is 5.78. The number of benzene rings is 4. The number of rotatable bonds is 5. The molecule has 2 aliphatic rings. The van der Waals surface area contributed by atoms with E-state index in [1.165, 1.54) is 6.07 Å². The standard InChI is InChI=1S/C34H27F3N2O3/c35-34(36,37)33(41)39-28-17-9-8-16-26(28)38-27-19-24(23-13-5-2-6-14-23)20-29(40)31(27)32(39)25-15-7-10-18-30(25)42-21-22-11-3-1-4-12-22/h1-18,24,32,38H,19-21H2/t24-,32-/m1/s1. The number of nitrogens with zero attached hydrogens (tertiary/aromatic N) is 1. The molecule has 0 unspecified atom stereocenters. The molecule has 0 bridgehead atoms. The summed E-state index contributed by atoms with van der Waals surface area (Å²) in [5.74, 6) is -2.28. The first-order valence-electron chi connectivity index (χ1n) is 13.6. The Morgan fingerprint density at radius 3 is 2.21 bits per heavy atom. The van der Waals surface area contributed by atoms with Crippen LogP contribution >= 0.6 is 0 Å². The SMILES string of the molecule is O=C1C[C@H](c2ccccc2)CC2=C1[C@@H](c1ccccc1OCc1ccccc1)N(C(=O)C(F)(F)F)c1ccccc1N2. The number of hydrogen-bond donors (Lipinski definition) is 1. The molecule has 4 aromatic carbocycles. The van der Waals surface area contributed by atoms with Crippen molar-refractivity contribution < 1.29 is 27.5 Å². The highest BCUT2D eigenvalue weighted by atomic mass is 19.4. The van der Waals surface area contributed by atoms with Crippen LogP contribution in [0.3, 0.4) is 0 Å². The maximum atomic E-state index is 14.3. The number of allylic oxidation sites excluding steroid dienone is 1. The lowest BCUT2D eigenvalue weighted by Gasteiger charge is -2.36. The molecule has 2 atom stereocenters. The van der Waals surface area contributed by atoms with E-state index in [1.807, 2.05) is 60.7 Å². The van der Waals surface area contributed by atoms with Gasteiger partial charge in [-0.2, -0.15) is 13.2 Å². The van der Waals surface area contributed by atoms with Crippen molar-refractivity contribution >= 4 is 23.1 Å². The van der Waals surface area contributed by atoms with Gasteiger partial charge in [0.15, 0.2) is 5.78 Å². The molecule has 1 heterocycles. The van der Waals surface area contributed by atoms with E-state index in [2.05, 4.69) is 5.32 Å². The van der Waals surface area contributed by atoms with E-state index in [0.717, 1.165) is 11.1 Å².